The van der Waals surface area contributed by atoms with Crippen LogP contribution in [0.25, 0.3) is 0 Å². The summed E-state index contributed by atoms with van der Waals surface area (Å²) in [6.45, 7) is 6.65. The van der Waals surface area contributed by atoms with Crippen molar-refractivity contribution < 1.29 is 12.9 Å². The van der Waals surface area contributed by atoms with Crippen LogP contribution >= 0.6 is 0 Å². The number of benzene rings is 1. The van der Waals surface area contributed by atoms with Gasteiger partial charge in [-0.3, -0.25) is 0 Å². The number of hydrogen-bond acceptors (Lipinski definition) is 4. The van der Waals surface area contributed by atoms with E-state index >= 15 is 0 Å². The van der Waals surface area contributed by atoms with Crippen LogP contribution < -0.4 is 0 Å². The third-order valence-corrected chi connectivity index (χ3v) is 6.53. The average molecular weight is 348 g/mol. The van der Waals surface area contributed by atoms with Gasteiger partial charge in [0, 0.05) is 12.6 Å². The molecule has 1 aliphatic rings. The molecule has 0 saturated carbocycles. The number of aromatic nitrogens is 1. The van der Waals surface area contributed by atoms with Crippen LogP contribution in [-0.2, 0) is 16.4 Å². The number of aryl methyl sites for hydroxylation is 1. The van der Waals surface area contributed by atoms with E-state index in [0.717, 1.165) is 30.5 Å². The quantitative estimate of drug-likeness (QED) is 0.822. The predicted molar refractivity (Wildman–Crippen MR) is 92.3 cm³/mol. The summed E-state index contributed by atoms with van der Waals surface area (Å²) in [5, 5.41) is 4.08. The Kier molecular flexibility index (Phi) is 4.78. The molecule has 6 heteroatoms. The first-order valence-corrected chi connectivity index (χ1v) is 9.94. The minimum atomic E-state index is -3.53. The second-order valence-corrected chi connectivity index (χ2v) is 8.47. The van der Waals surface area contributed by atoms with Crippen molar-refractivity contribution in [3.05, 3.63) is 47.3 Å². The van der Waals surface area contributed by atoms with Gasteiger partial charge in [-0.1, -0.05) is 38.1 Å². The largest absolute Gasteiger partial charge is 0.359 e. The summed E-state index contributed by atoms with van der Waals surface area (Å²) in [6.07, 6.45) is 2.48. The third kappa shape index (κ3) is 3.13. The van der Waals surface area contributed by atoms with Crippen LogP contribution in [0.3, 0.4) is 0 Å². The van der Waals surface area contributed by atoms with Crippen LogP contribution in [0.15, 0.2) is 39.8 Å². The molecule has 0 unspecified atom stereocenters. The lowest BCUT2D eigenvalue weighted by Crippen LogP contribution is -2.30. The van der Waals surface area contributed by atoms with E-state index < -0.39 is 10.0 Å². The van der Waals surface area contributed by atoms with E-state index in [-0.39, 0.29) is 12.0 Å². The normalized spacial score (nSPS) is 19.2. The highest BCUT2D eigenvalue weighted by molar-refractivity contribution is 7.89. The van der Waals surface area contributed by atoms with Crippen molar-refractivity contribution in [2.45, 2.75) is 56.9 Å². The summed E-state index contributed by atoms with van der Waals surface area (Å²) in [7, 11) is -3.53. The minimum absolute atomic E-state index is 0.260. The Morgan fingerprint density at radius 2 is 2.00 bits per heavy atom. The van der Waals surface area contributed by atoms with E-state index in [0.29, 0.717) is 17.2 Å². The van der Waals surface area contributed by atoms with Gasteiger partial charge in [0.2, 0.25) is 10.0 Å². The molecule has 130 valence electrons. The van der Waals surface area contributed by atoms with Crippen LogP contribution in [0.4, 0.5) is 0 Å². The second kappa shape index (κ2) is 6.69. The molecule has 1 fully saturated rings. The Morgan fingerprint density at radius 1 is 1.29 bits per heavy atom. The number of nitrogens with zero attached hydrogens (tertiary/aromatic N) is 2. The standard InChI is InChI=1S/C18H24N2O3S/c1-4-14-7-9-15(10-8-14)24(21,22)20-11-5-6-17(20)18-12-16(13(2)3)19-23-18/h7-10,12-13,17H,4-6,11H2,1-3H3/t17-/m0/s1. The zero-order valence-corrected chi connectivity index (χ0v) is 15.2. The number of sulfonamides is 1. The highest BCUT2D eigenvalue weighted by atomic mass is 32.2. The van der Waals surface area contributed by atoms with Gasteiger partial charge in [-0.2, -0.15) is 4.31 Å². The minimum Gasteiger partial charge on any atom is -0.359 e. The Labute approximate surface area is 143 Å². The van der Waals surface area contributed by atoms with E-state index in [1.165, 1.54) is 0 Å². The summed E-state index contributed by atoms with van der Waals surface area (Å²) < 4.78 is 33.1. The van der Waals surface area contributed by atoms with Crippen LogP contribution in [-0.4, -0.2) is 24.4 Å². The number of hydrogen-bond donors (Lipinski definition) is 0. The zero-order valence-electron chi connectivity index (χ0n) is 14.4. The summed E-state index contributed by atoms with van der Waals surface area (Å²) in [6, 6.07) is 8.78. The van der Waals surface area contributed by atoms with Gasteiger partial charge in [0.05, 0.1) is 16.6 Å². The highest BCUT2D eigenvalue weighted by Gasteiger charge is 2.38. The molecule has 1 aromatic heterocycles. The van der Waals surface area contributed by atoms with E-state index in [1.807, 2.05) is 32.0 Å². The molecule has 0 aliphatic carbocycles. The summed E-state index contributed by atoms with van der Waals surface area (Å²) >= 11 is 0. The fraction of sp³-hybridized carbons (Fsp3) is 0.500. The first-order valence-electron chi connectivity index (χ1n) is 8.50. The lowest BCUT2D eigenvalue weighted by atomic mass is 10.1. The molecule has 5 nitrogen and oxygen atoms in total. The van der Waals surface area contributed by atoms with E-state index in [1.54, 1.807) is 16.4 Å². The van der Waals surface area contributed by atoms with Crippen molar-refractivity contribution in [3.8, 4) is 0 Å². The highest BCUT2D eigenvalue weighted by Crippen LogP contribution is 2.37. The maximum absolute atomic E-state index is 13.0. The molecule has 0 amide bonds. The monoisotopic (exact) mass is 348 g/mol. The third-order valence-electron chi connectivity index (χ3n) is 4.61. The smallest absolute Gasteiger partial charge is 0.243 e. The molecule has 3 rings (SSSR count). The van der Waals surface area contributed by atoms with Gasteiger partial charge >= 0.3 is 0 Å². The van der Waals surface area contributed by atoms with Gasteiger partial charge in [0.25, 0.3) is 0 Å². The molecule has 24 heavy (non-hydrogen) atoms. The lowest BCUT2D eigenvalue weighted by Gasteiger charge is -2.22. The van der Waals surface area contributed by atoms with Crippen molar-refractivity contribution >= 4 is 10.0 Å². The molecular weight excluding hydrogens is 324 g/mol. The fourth-order valence-corrected chi connectivity index (χ4v) is 4.74. The van der Waals surface area contributed by atoms with Crippen molar-refractivity contribution in [3.63, 3.8) is 0 Å². The Morgan fingerprint density at radius 3 is 2.58 bits per heavy atom. The summed E-state index contributed by atoms with van der Waals surface area (Å²) in [5.41, 5.74) is 1.99. The van der Waals surface area contributed by atoms with Gasteiger partial charge in [-0.05, 0) is 42.9 Å². The maximum atomic E-state index is 13.0. The maximum Gasteiger partial charge on any atom is 0.243 e. The Bertz CT molecular complexity index is 794. The molecular formula is C18H24N2O3S. The Hall–Kier alpha value is -1.66. The molecule has 0 N–H and O–H groups in total. The van der Waals surface area contributed by atoms with E-state index in [9.17, 15) is 8.42 Å². The predicted octanol–water partition coefficient (Wildman–Crippen LogP) is 3.89. The van der Waals surface area contributed by atoms with Gasteiger partial charge in [0.15, 0.2) is 5.76 Å². The first-order chi connectivity index (χ1) is 11.4. The van der Waals surface area contributed by atoms with Gasteiger partial charge < -0.3 is 4.52 Å². The molecule has 0 bridgehead atoms. The molecule has 1 aliphatic heterocycles. The van der Waals surface area contributed by atoms with Crippen LogP contribution in [0, 0.1) is 0 Å². The Balaban J connectivity index is 1.90. The molecule has 0 radical (unpaired) electrons. The molecule has 1 aromatic carbocycles. The van der Waals surface area contributed by atoms with Crippen molar-refractivity contribution in [1.29, 1.82) is 0 Å². The zero-order chi connectivity index (χ0) is 17.3. The van der Waals surface area contributed by atoms with Crippen LogP contribution in [0.1, 0.15) is 62.6 Å². The molecule has 2 aromatic rings. The van der Waals surface area contributed by atoms with Crippen molar-refractivity contribution in [2.24, 2.45) is 0 Å². The SMILES string of the molecule is CCc1ccc(S(=O)(=O)N2CCC[C@H]2c2cc(C(C)C)no2)cc1. The lowest BCUT2D eigenvalue weighted by molar-refractivity contribution is 0.295. The molecule has 0 spiro atoms. The van der Waals surface area contributed by atoms with Crippen molar-refractivity contribution in [1.82, 2.24) is 9.46 Å². The van der Waals surface area contributed by atoms with Gasteiger partial charge in [0.1, 0.15) is 0 Å². The fourth-order valence-electron chi connectivity index (χ4n) is 3.08. The summed E-state index contributed by atoms with van der Waals surface area (Å²) in [5.74, 6) is 0.903. The number of rotatable bonds is 5. The molecule has 1 atom stereocenters. The van der Waals surface area contributed by atoms with Gasteiger partial charge in [-0.25, -0.2) is 8.42 Å². The molecule has 1 saturated heterocycles. The second-order valence-electron chi connectivity index (χ2n) is 6.58. The average Bonchev–Trinajstić information content (AvgIpc) is 3.23. The van der Waals surface area contributed by atoms with Crippen molar-refractivity contribution in [2.75, 3.05) is 6.54 Å². The molecule has 2 heterocycles. The van der Waals surface area contributed by atoms with Crippen LogP contribution in [0.2, 0.25) is 0 Å². The first kappa shape index (κ1) is 17.2. The summed E-state index contributed by atoms with van der Waals surface area (Å²) in [4.78, 5) is 0.343. The topological polar surface area (TPSA) is 63.4 Å². The van der Waals surface area contributed by atoms with E-state index in [4.69, 9.17) is 4.52 Å². The van der Waals surface area contributed by atoms with Gasteiger partial charge in [-0.15, -0.1) is 0 Å². The van der Waals surface area contributed by atoms with E-state index in [2.05, 4.69) is 12.1 Å². The van der Waals surface area contributed by atoms with Crippen LogP contribution in [0.5, 0.6) is 0 Å².